The summed E-state index contributed by atoms with van der Waals surface area (Å²) in [4.78, 5) is 4.79. The number of anilines is 1. The highest BCUT2D eigenvalue weighted by molar-refractivity contribution is 5.76. The van der Waals surface area contributed by atoms with Crippen molar-refractivity contribution in [1.29, 1.82) is 0 Å². The van der Waals surface area contributed by atoms with Crippen molar-refractivity contribution in [2.75, 3.05) is 11.9 Å². The molecule has 0 saturated heterocycles. The van der Waals surface area contributed by atoms with Crippen molar-refractivity contribution in [3.63, 3.8) is 0 Å². The van der Waals surface area contributed by atoms with Crippen LogP contribution in [-0.2, 0) is 19.9 Å². The maximum atomic E-state index is 4.79. The smallest absolute Gasteiger partial charge is 0.114 e. The van der Waals surface area contributed by atoms with Gasteiger partial charge in [-0.2, -0.15) is 0 Å². The standard InChI is InChI=1S/C18H19N3/c1-21-16-10-3-2-9-15(16)20-17(21)12-14-7-4-6-13-8-5-11-19-18(13)14/h2-4,6-7,9-10,19H,5,8,11-12H2,1H3. The average molecular weight is 277 g/mol. The summed E-state index contributed by atoms with van der Waals surface area (Å²) in [6.07, 6.45) is 3.28. The first-order valence-electron chi connectivity index (χ1n) is 7.58. The maximum absolute atomic E-state index is 4.79. The van der Waals surface area contributed by atoms with Crippen LogP contribution in [0.3, 0.4) is 0 Å². The Labute approximate surface area is 124 Å². The molecule has 1 aliphatic heterocycles. The Kier molecular flexibility index (Phi) is 2.92. The fourth-order valence-corrected chi connectivity index (χ4v) is 3.25. The van der Waals surface area contributed by atoms with E-state index in [9.17, 15) is 0 Å². The van der Waals surface area contributed by atoms with Crippen LogP contribution in [0.4, 0.5) is 5.69 Å². The van der Waals surface area contributed by atoms with Crippen LogP contribution in [0.15, 0.2) is 42.5 Å². The van der Waals surface area contributed by atoms with Crippen molar-refractivity contribution in [2.45, 2.75) is 19.3 Å². The third-order valence-electron chi connectivity index (χ3n) is 4.39. The lowest BCUT2D eigenvalue weighted by atomic mass is 9.98. The molecule has 0 amide bonds. The molecule has 2 aromatic carbocycles. The minimum absolute atomic E-state index is 0.876. The number of fused-ring (bicyclic) bond motifs is 2. The van der Waals surface area contributed by atoms with E-state index in [1.165, 1.54) is 35.2 Å². The minimum Gasteiger partial charge on any atom is -0.385 e. The molecule has 3 heteroatoms. The molecule has 4 rings (SSSR count). The Balaban J connectivity index is 1.77. The minimum atomic E-state index is 0.876. The Morgan fingerprint density at radius 1 is 1.14 bits per heavy atom. The molecule has 0 spiro atoms. The molecule has 3 nitrogen and oxygen atoms in total. The van der Waals surface area contributed by atoms with Crippen molar-refractivity contribution in [2.24, 2.45) is 7.05 Å². The van der Waals surface area contributed by atoms with Crippen LogP contribution in [0.25, 0.3) is 11.0 Å². The summed E-state index contributed by atoms with van der Waals surface area (Å²) in [5.74, 6) is 1.12. The molecule has 2 heterocycles. The third kappa shape index (κ3) is 2.09. The van der Waals surface area contributed by atoms with Crippen LogP contribution in [0.2, 0.25) is 0 Å². The van der Waals surface area contributed by atoms with E-state index >= 15 is 0 Å². The maximum Gasteiger partial charge on any atom is 0.114 e. The Hall–Kier alpha value is -2.29. The highest BCUT2D eigenvalue weighted by atomic mass is 15.1. The molecular formula is C18H19N3. The quantitative estimate of drug-likeness (QED) is 0.776. The largest absolute Gasteiger partial charge is 0.385 e. The van der Waals surface area contributed by atoms with E-state index in [4.69, 9.17) is 4.98 Å². The van der Waals surface area contributed by atoms with Crippen molar-refractivity contribution < 1.29 is 0 Å². The molecule has 1 N–H and O–H groups in total. The molecule has 21 heavy (non-hydrogen) atoms. The number of nitrogens with one attached hydrogen (secondary N) is 1. The second-order valence-corrected chi connectivity index (χ2v) is 5.73. The van der Waals surface area contributed by atoms with E-state index in [1.54, 1.807) is 0 Å². The molecule has 106 valence electrons. The van der Waals surface area contributed by atoms with E-state index in [-0.39, 0.29) is 0 Å². The average Bonchev–Trinajstić information content (AvgIpc) is 2.85. The number of imidazole rings is 1. The van der Waals surface area contributed by atoms with E-state index in [1.807, 2.05) is 6.07 Å². The van der Waals surface area contributed by atoms with E-state index in [0.29, 0.717) is 0 Å². The van der Waals surface area contributed by atoms with Gasteiger partial charge in [0, 0.05) is 25.7 Å². The molecule has 0 saturated carbocycles. The van der Waals surface area contributed by atoms with Gasteiger partial charge in [-0.05, 0) is 36.1 Å². The van der Waals surface area contributed by atoms with Crippen LogP contribution in [0.1, 0.15) is 23.4 Å². The van der Waals surface area contributed by atoms with Gasteiger partial charge in [-0.25, -0.2) is 4.98 Å². The normalized spacial score (nSPS) is 14.0. The fourth-order valence-electron chi connectivity index (χ4n) is 3.25. The number of aryl methyl sites for hydroxylation is 2. The summed E-state index contributed by atoms with van der Waals surface area (Å²) in [6.45, 7) is 1.08. The number of rotatable bonds is 2. The first-order chi connectivity index (χ1) is 10.3. The Morgan fingerprint density at radius 2 is 2.05 bits per heavy atom. The predicted molar refractivity (Wildman–Crippen MR) is 86.8 cm³/mol. The number of para-hydroxylation sites is 3. The van der Waals surface area contributed by atoms with Gasteiger partial charge in [0.2, 0.25) is 0 Å². The van der Waals surface area contributed by atoms with Gasteiger partial charge in [-0.1, -0.05) is 30.3 Å². The van der Waals surface area contributed by atoms with Crippen LogP contribution >= 0.6 is 0 Å². The van der Waals surface area contributed by atoms with Gasteiger partial charge in [-0.15, -0.1) is 0 Å². The van der Waals surface area contributed by atoms with Crippen molar-refractivity contribution in [3.05, 3.63) is 59.4 Å². The summed E-state index contributed by atoms with van der Waals surface area (Å²) in [5.41, 5.74) is 6.40. The van der Waals surface area contributed by atoms with Crippen LogP contribution in [-0.4, -0.2) is 16.1 Å². The highest BCUT2D eigenvalue weighted by Gasteiger charge is 2.15. The zero-order valence-electron chi connectivity index (χ0n) is 12.3. The third-order valence-corrected chi connectivity index (χ3v) is 4.39. The Morgan fingerprint density at radius 3 is 2.95 bits per heavy atom. The second-order valence-electron chi connectivity index (χ2n) is 5.73. The lowest BCUT2D eigenvalue weighted by Crippen LogP contribution is -2.14. The zero-order chi connectivity index (χ0) is 14.2. The lowest BCUT2D eigenvalue weighted by Gasteiger charge is -2.21. The molecule has 0 unspecified atom stereocenters. The summed E-state index contributed by atoms with van der Waals surface area (Å²) in [6, 6.07) is 15.0. The summed E-state index contributed by atoms with van der Waals surface area (Å²) < 4.78 is 2.21. The van der Waals surface area contributed by atoms with E-state index in [0.717, 1.165) is 24.3 Å². The van der Waals surface area contributed by atoms with Crippen molar-refractivity contribution in [3.8, 4) is 0 Å². The monoisotopic (exact) mass is 277 g/mol. The summed E-state index contributed by atoms with van der Waals surface area (Å²) in [7, 11) is 2.10. The van der Waals surface area contributed by atoms with Crippen molar-refractivity contribution >= 4 is 16.7 Å². The van der Waals surface area contributed by atoms with Gasteiger partial charge in [0.25, 0.3) is 0 Å². The first kappa shape index (κ1) is 12.5. The van der Waals surface area contributed by atoms with E-state index < -0.39 is 0 Å². The molecule has 0 fully saturated rings. The van der Waals surface area contributed by atoms with Gasteiger partial charge in [0.15, 0.2) is 0 Å². The van der Waals surface area contributed by atoms with Gasteiger partial charge in [-0.3, -0.25) is 0 Å². The molecule has 3 aromatic rings. The van der Waals surface area contributed by atoms with Gasteiger partial charge in [0.1, 0.15) is 5.82 Å². The Bertz CT molecular complexity index is 801. The number of aromatic nitrogens is 2. The van der Waals surface area contributed by atoms with Crippen molar-refractivity contribution in [1.82, 2.24) is 9.55 Å². The molecule has 1 aromatic heterocycles. The van der Waals surface area contributed by atoms with Crippen LogP contribution in [0.5, 0.6) is 0 Å². The molecule has 0 atom stereocenters. The molecule has 0 aliphatic carbocycles. The molecular weight excluding hydrogens is 258 g/mol. The highest BCUT2D eigenvalue weighted by Crippen LogP contribution is 2.28. The second kappa shape index (κ2) is 4.92. The number of benzene rings is 2. The van der Waals surface area contributed by atoms with Gasteiger partial charge >= 0.3 is 0 Å². The van der Waals surface area contributed by atoms with Gasteiger partial charge < -0.3 is 9.88 Å². The number of hydrogen-bond donors (Lipinski definition) is 1. The predicted octanol–water partition coefficient (Wildman–Crippen LogP) is 3.52. The molecule has 0 radical (unpaired) electrons. The number of nitrogens with zero attached hydrogens (tertiary/aromatic N) is 2. The van der Waals surface area contributed by atoms with E-state index in [2.05, 4.69) is 53.3 Å². The van der Waals surface area contributed by atoms with Gasteiger partial charge in [0.05, 0.1) is 11.0 Å². The first-order valence-corrected chi connectivity index (χ1v) is 7.58. The number of hydrogen-bond acceptors (Lipinski definition) is 2. The molecule has 1 aliphatic rings. The summed E-state index contributed by atoms with van der Waals surface area (Å²) >= 11 is 0. The fraction of sp³-hybridized carbons (Fsp3) is 0.278. The summed E-state index contributed by atoms with van der Waals surface area (Å²) in [5, 5.41) is 3.57. The lowest BCUT2D eigenvalue weighted by molar-refractivity contribution is 0.813. The SMILES string of the molecule is Cn1c(Cc2cccc3c2NCCC3)nc2ccccc21. The topological polar surface area (TPSA) is 29.9 Å². The molecule has 0 bridgehead atoms. The van der Waals surface area contributed by atoms with Crippen LogP contribution in [0, 0.1) is 0 Å². The zero-order valence-corrected chi connectivity index (χ0v) is 12.3. The van der Waals surface area contributed by atoms with Crippen LogP contribution < -0.4 is 5.32 Å².